The summed E-state index contributed by atoms with van der Waals surface area (Å²) < 4.78 is 0. The van der Waals surface area contributed by atoms with Crippen LogP contribution in [0.5, 0.6) is 0 Å². The molecule has 1 aromatic carbocycles. The number of hydrogen-bond donors (Lipinski definition) is 1. The van der Waals surface area contributed by atoms with Gasteiger partial charge in [-0.15, -0.1) is 0 Å². The van der Waals surface area contributed by atoms with Crippen molar-refractivity contribution in [1.82, 2.24) is 0 Å². The first kappa shape index (κ1) is 12.4. The molecule has 0 radical (unpaired) electrons. The predicted molar refractivity (Wildman–Crippen MR) is 72.3 cm³/mol. The van der Waals surface area contributed by atoms with Gasteiger partial charge in [-0.25, -0.2) is 0 Å². The van der Waals surface area contributed by atoms with Gasteiger partial charge in [0, 0.05) is 19.8 Å². The predicted octanol–water partition coefficient (Wildman–Crippen LogP) is 3.57. The van der Waals surface area contributed by atoms with E-state index >= 15 is 0 Å². The highest BCUT2D eigenvalue weighted by molar-refractivity contribution is 7.80. The Morgan fingerprint density at radius 1 is 1.27 bits per heavy atom. The fraction of sp³-hybridized carbons (Fsp3) is 0.538. The molecular formula is C13H21NS. The molecule has 1 nitrogen and oxygen atoms in total. The maximum absolute atomic E-state index is 4.26. The standard InChI is InChI=1S/C13H21NS/c1-11(7-6-10-15)12-8-4-5-9-13(12)14(2)3/h4-5,8-9,11,15H,6-7,10H2,1-3H3. The van der Waals surface area contributed by atoms with E-state index in [-0.39, 0.29) is 0 Å². The molecule has 0 saturated heterocycles. The Morgan fingerprint density at radius 3 is 2.53 bits per heavy atom. The lowest BCUT2D eigenvalue weighted by Gasteiger charge is -2.21. The van der Waals surface area contributed by atoms with Crippen LogP contribution in [0.1, 0.15) is 31.2 Å². The van der Waals surface area contributed by atoms with E-state index in [1.54, 1.807) is 0 Å². The lowest BCUT2D eigenvalue weighted by atomic mass is 9.94. The van der Waals surface area contributed by atoms with Gasteiger partial charge in [0.05, 0.1) is 0 Å². The maximum Gasteiger partial charge on any atom is 0.0396 e. The Balaban J connectivity index is 2.82. The number of rotatable bonds is 5. The van der Waals surface area contributed by atoms with Crippen LogP contribution in [0.3, 0.4) is 0 Å². The van der Waals surface area contributed by atoms with Crippen molar-refractivity contribution in [3.8, 4) is 0 Å². The van der Waals surface area contributed by atoms with Crippen LogP contribution in [0.15, 0.2) is 24.3 Å². The zero-order valence-electron chi connectivity index (χ0n) is 9.90. The van der Waals surface area contributed by atoms with E-state index in [2.05, 4.69) is 62.8 Å². The molecule has 0 amide bonds. The molecule has 0 spiro atoms. The molecule has 0 saturated carbocycles. The monoisotopic (exact) mass is 223 g/mol. The van der Waals surface area contributed by atoms with Crippen LogP contribution in [0.25, 0.3) is 0 Å². The van der Waals surface area contributed by atoms with E-state index in [1.165, 1.54) is 24.1 Å². The summed E-state index contributed by atoms with van der Waals surface area (Å²) in [5, 5.41) is 0. The van der Waals surface area contributed by atoms with Crippen molar-refractivity contribution in [3.05, 3.63) is 29.8 Å². The van der Waals surface area contributed by atoms with Crippen LogP contribution in [-0.2, 0) is 0 Å². The Morgan fingerprint density at radius 2 is 1.93 bits per heavy atom. The van der Waals surface area contributed by atoms with Crippen molar-refractivity contribution in [2.24, 2.45) is 0 Å². The van der Waals surface area contributed by atoms with Crippen molar-refractivity contribution < 1.29 is 0 Å². The highest BCUT2D eigenvalue weighted by atomic mass is 32.1. The van der Waals surface area contributed by atoms with Gasteiger partial charge in [0.1, 0.15) is 0 Å². The fourth-order valence-corrected chi connectivity index (χ4v) is 2.05. The maximum atomic E-state index is 4.26. The van der Waals surface area contributed by atoms with Crippen molar-refractivity contribution in [1.29, 1.82) is 0 Å². The van der Waals surface area contributed by atoms with Crippen molar-refractivity contribution in [2.75, 3.05) is 24.7 Å². The zero-order chi connectivity index (χ0) is 11.3. The highest BCUT2D eigenvalue weighted by Gasteiger charge is 2.10. The summed E-state index contributed by atoms with van der Waals surface area (Å²) in [6.45, 7) is 2.30. The Labute approximate surface area is 98.9 Å². The minimum absolute atomic E-state index is 0.621. The summed E-state index contributed by atoms with van der Waals surface area (Å²) >= 11 is 4.26. The molecule has 0 fully saturated rings. The minimum Gasteiger partial charge on any atom is -0.377 e. The van der Waals surface area contributed by atoms with Gasteiger partial charge in [-0.3, -0.25) is 0 Å². The van der Waals surface area contributed by atoms with Crippen molar-refractivity contribution in [3.63, 3.8) is 0 Å². The van der Waals surface area contributed by atoms with Crippen LogP contribution in [0, 0.1) is 0 Å². The molecule has 2 heteroatoms. The average Bonchev–Trinajstić information content (AvgIpc) is 2.25. The normalized spacial score (nSPS) is 12.5. The summed E-state index contributed by atoms with van der Waals surface area (Å²) in [5.74, 6) is 1.60. The quantitative estimate of drug-likeness (QED) is 0.747. The Hall–Kier alpha value is -0.630. The second-order valence-electron chi connectivity index (χ2n) is 4.22. The second-order valence-corrected chi connectivity index (χ2v) is 4.67. The number of thiol groups is 1. The first-order chi connectivity index (χ1) is 7.16. The molecule has 84 valence electrons. The first-order valence-corrected chi connectivity index (χ1v) is 6.17. The molecule has 0 aliphatic rings. The summed E-state index contributed by atoms with van der Waals surface area (Å²) in [6, 6.07) is 8.65. The third kappa shape index (κ3) is 3.45. The van der Waals surface area contributed by atoms with Gasteiger partial charge >= 0.3 is 0 Å². The third-order valence-corrected chi connectivity index (χ3v) is 3.06. The van der Waals surface area contributed by atoms with Crippen LogP contribution >= 0.6 is 12.6 Å². The Bertz CT molecular complexity index is 296. The van der Waals surface area contributed by atoms with Crippen molar-refractivity contribution in [2.45, 2.75) is 25.7 Å². The number of nitrogens with zero attached hydrogens (tertiary/aromatic N) is 1. The van der Waals surface area contributed by atoms with Gasteiger partial charge in [0.25, 0.3) is 0 Å². The highest BCUT2D eigenvalue weighted by Crippen LogP contribution is 2.29. The SMILES string of the molecule is CC(CCCS)c1ccccc1N(C)C. The van der Waals surface area contributed by atoms with Crippen molar-refractivity contribution >= 4 is 18.3 Å². The first-order valence-electron chi connectivity index (χ1n) is 5.54. The zero-order valence-corrected chi connectivity index (χ0v) is 10.8. The summed E-state index contributed by atoms with van der Waals surface area (Å²) in [7, 11) is 4.20. The van der Waals surface area contributed by atoms with Crippen LogP contribution in [-0.4, -0.2) is 19.8 Å². The molecule has 0 N–H and O–H groups in total. The summed E-state index contributed by atoms with van der Waals surface area (Å²) in [6.07, 6.45) is 2.40. The number of anilines is 1. The van der Waals surface area contributed by atoms with E-state index in [4.69, 9.17) is 0 Å². The van der Waals surface area contributed by atoms with E-state index in [1.807, 2.05) is 0 Å². The molecule has 0 aliphatic heterocycles. The van der Waals surface area contributed by atoms with Crippen LogP contribution in [0.2, 0.25) is 0 Å². The molecule has 0 aliphatic carbocycles. The Kier molecular flexibility index (Phi) is 5.03. The molecular weight excluding hydrogens is 202 g/mol. The van der Waals surface area contributed by atoms with Crippen LogP contribution < -0.4 is 4.90 Å². The summed E-state index contributed by atoms with van der Waals surface area (Å²) in [4.78, 5) is 2.19. The third-order valence-electron chi connectivity index (χ3n) is 2.74. The van der Waals surface area contributed by atoms with Gasteiger partial charge < -0.3 is 4.90 Å². The number of hydrogen-bond acceptors (Lipinski definition) is 2. The van der Waals surface area contributed by atoms with E-state index < -0.39 is 0 Å². The second kappa shape index (κ2) is 6.06. The molecule has 0 heterocycles. The van der Waals surface area contributed by atoms with E-state index in [9.17, 15) is 0 Å². The number of benzene rings is 1. The lowest BCUT2D eigenvalue weighted by Crippen LogP contribution is -2.12. The molecule has 1 aromatic rings. The van der Waals surface area contributed by atoms with Gasteiger partial charge in [0.2, 0.25) is 0 Å². The van der Waals surface area contributed by atoms with Gasteiger partial charge in [-0.2, -0.15) is 12.6 Å². The topological polar surface area (TPSA) is 3.24 Å². The molecule has 1 atom stereocenters. The smallest absolute Gasteiger partial charge is 0.0396 e. The molecule has 1 unspecified atom stereocenters. The molecule has 15 heavy (non-hydrogen) atoms. The molecule has 1 rings (SSSR count). The van der Waals surface area contributed by atoms with Gasteiger partial charge in [-0.1, -0.05) is 25.1 Å². The average molecular weight is 223 g/mol. The summed E-state index contributed by atoms with van der Waals surface area (Å²) in [5.41, 5.74) is 2.79. The number of para-hydroxylation sites is 1. The lowest BCUT2D eigenvalue weighted by molar-refractivity contribution is 0.669. The van der Waals surface area contributed by atoms with Crippen LogP contribution in [0.4, 0.5) is 5.69 Å². The van der Waals surface area contributed by atoms with Gasteiger partial charge in [-0.05, 0) is 36.1 Å². The minimum atomic E-state index is 0.621. The van der Waals surface area contributed by atoms with Gasteiger partial charge in [0.15, 0.2) is 0 Å². The van der Waals surface area contributed by atoms with E-state index in [0.717, 1.165) is 5.75 Å². The van der Waals surface area contributed by atoms with E-state index in [0.29, 0.717) is 5.92 Å². The molecule has 0 aromatic heterocycles. The molecule has 0 bridgehead atoms. The fourth-order valence-electron chi connectivity index (χ4n) is 1.86. The largest absolute Gasteiger partial charge is 0.377 e.